The molecule has 3 nitrogen and oxygen atoms in total. The summed E-state index contributed by atoms with van der Waals surface area (Å²) in [6, 6.07) is 5.71. The predicted molar refractivity (Wildman–Crippen MR) is 56.2 cm³/mol. The van der Waals surface area contributed by atoms with E-state index in [2.05, 4.69) is 0 Å². The highest BCUT2D eigenvalue weighted by atomic mass is 16.4. The Kier molecular flexibility index (Phi) is 3.51. The minimum absolute atomic E-state index is 0.140. The van der Waals surface area contributed by atoms with Crippen LogP contribution < -0.4 is 5.73 Å². The van der Waals surface area contributed by atoms with Crippen LogP contribution in [-0.4, -0.2) is 11.1 Å². The Morgan fingerprint density at radius 1 is 1.50 bits per heavy atom. The van der Waals surface area contributed by atoms with E-state index in [9.17, 15) is 4.79 Å². The van der Waals surface area contributed by atoms with E-state index in [4.69, 9.17) is 10.8 Å². The van der Waals surface area contributed by atoms with Crippen LogP contribution in [0.25, 0.3) is 0 Å². The summed E-state index contributed by atoms with van der Waals surface area (Å²) < 4.78 is 0. The van der Waals surface area contributed by atoms with Gasteiger partial charge in [-0.15, -0.1) is 0 Å². The lowest BCUT2D eigenvalue weighted by atomic mass is 9.99. The lowest BCUT2D eigenvalue weighted by molar-refractivity contribution is -0.136. The van der Waals surface area contributed by atoms with Crippen LogP contribution in [0.15, 0.2) is 18.2 Å². The topological polar surface area (TPSA) is 63.3 Å². The predicted octanol–water partition coefficient (Wildman–Crippen LogP) is 1.85. The molecule has 0 fully saturated rings. The third-order valence-electron chi connectivity index (χ3n) is 2.28. The highest BCUT2D eigenvalue weighted by molar-refractivity contribution is 5.68. The first-order valence-electron chi connectivity index (χ1n) is 4.73. The normalized spacial score (nSPS) is 10.1. The molecule has 76 valence electrons. The van der Waals surface area contributed by atoms with Gasteiger partial charge in [0.1, 0.15) is 0 Å². The van der Waals surface area contributed by atoms with Gasteiger partial charge in [-0.05, 0) is 30.0 Å². The summed E-state index contributed by atoms with van der Waals surface area (Å²) in [7, 11) is 0. The summed E-state index contributed by atoms with van der Waals surface area (Å²) in [5.74, 6) is -0.782. The first-order chi connectivity index (χ1) is 6.65. The maximum atomic E-state index is 10.4. The SMILES string of the molecule is CCc1cccc(N)c1CCC(=O)O. The number of rotatable bonds is 4. The van der Waals surface area contributed by atoms with E-state index in [0.29, 0.717) is 12.1 Å². The van der Waals surface area contributed by atoms with Crippen LogP contribution in [0.3, 0.4) is 0 Å². The third kappa shape index (κ3) is 2.49. The Labute approximate surface area is 83.6 Å². The molecule has 0 saturated carbocycles. The molecule has 0 saturated heterocycles. The number of anilines is 1. The van der Waals surface area contributed by atoms with Crippen molar-refractivity contribution in [3.8, 4) is 0 Å². The van der Waals surface area contributed by atoms with E-state index in [-0.39, 0.29) is 6.42 Å². The van der Waals surface area contributed by atoms with Gasteiger partial charge in [-0.2, -0.15) is 0 Å². The zero-order valence-electron chi connectivity index (χ0n) is 8.29. The van der Waals surface area contributed by atoms with E-state index >= 15 is 0 Å². The van der Waals surface area contributed by atoms with Gasteiger partial charge in [0.25, 0.3) is 0 Å². The average Bonchev–Trinajstić information content (AvgIpc) is 2.15. The van der Waals surface area contributed by atoms with E-state index in [1.54, 1.807) is 0 Å². The molecule has 1 rings (SSSR count). The number of nitrogens with two attached hydrogens (primary N) is 1. The van der Waals surface area contributed by atoms with Gasteiger partial charge in [-0.3, -0.25) is 4.79 Å². The van der Waals surface area contributed by atoms with Crippen LogP contribution in [0.1, 0.15) is 24.5 Å². The van der Waals surface area contributed by atoms with Crippen LogP contribution in [0.5, 0.6) is 0 Å². The van der Waals surface area contributed by atoms with Crippen molar-refractivity contribution in [2.75, 3.05) is 5.73 Å². The van der Waals surface area contributed by atoms with Crippen LogP contribution in [0.4, 0.5) is 5.69 Å². The highest BCUT2D eigenvalue weighted by Crippen LogP contribution is 2.19. The standard InChI is InChI=1S/C11H15NO2/c1-2-8-4-3-5-10(12)9(8)6-7-11(13)14/h3-5H,2,6-7,12H2,1H3,(H,13,14). The second kappa shape index (κ2) is 4.65. The van der Waals surface area contributed by atoms with E-state index < -0.39 is 5.97 Å². The zero-order valence-corrected chi connectivity index (χ0v) is 8.29. The van der Waals surface area contributed by atoms with Crippen molar-refractivity contribution in [3.63, 3.8) is 0 Å². The van der Waals surface area contributed by atoms with Crippen LogP contribution in [-0.2, 0) is 17.6 Å². The zero-order chi connectivity index (χ0) is 10.6. The van der Waals surface area contributed by atoms with Crippen molar-refractivity contribution in [1.29, 1.82) is 0 Å². The molecule has 14 heavy (non-hydrogen) atoms. The summed E-state index contributed by atoms with van der Waals surface area (Å²) in [5.41, 5.74) is 8.62. The fourth-order valence-electron chi connectivity index (χ4n) is 1.52. The van der Waals surface area contributed by atoms with E-state index in [0.717, 1.165) is 17.5 Å². The molecular formula is C11H15NO2. The number of carbonyl (C=O) groups is 1. The van der Waals surface area contributed by atoms with Crippen molar-refractivity contribution in [2.45, 2.75) is 26.2 Å². The summed E-state index contributed by atoms with van der Waals surface area (Å²) in [4.78, 5) is 10.4. The highest BCUT2D eigenvalue weighted by Gasteiger charge is 2.06. The Morgan fingerprint density at radius 2 is 2.21 bits per heavy atom. The average molecular weight is 193 g/mol. The molecule has 3 N–H and O–H groups in total. The number of carboxylic acids is 1. The molecular weight excluding hydrogens is 178 g/mol. The second-order valence-electron chi connectivity index (χ2n) is 3.23. The molecule has 1 aromatic rings. The van der Waals surface area contributed by atoms with Crippen LogP contribution in [0.2, 0.25) is 0 Å². The second-order valence-corrected chi connectivity index (χ2v) is 3.23. The van der Waals surface area contributed by atoms with Gasteiger partial charge < -0.3 is 10.8 Å². The van der Waals surface area contributed by atoms with Crippen LogP contribution in [0, 0.1) is 0 Å². The number of nitrogen functional groups attached to an aromatic ring is 1. The maximum Gasteiger partial charge on any atom is 0.303 e. The number of aryl methyl sites for hydroxylation is 1. The van der Waals surface area contributed by atoms with E-state index in [1.165, 1.54) is 0 Å². The largest absolute Gasteiger partial charge is 0.481 e. The molecule has 0 aliphatic heterocycles. The number of hydrogen-bond donors (Lipinski definition) is 2. The van der Waals surface area contributed by atoms with Gasteiger partial charge in [0.05, 0.1) is 0 Å². The van der Waals surface area contributed by atoms with Crippen molar-refractivity contribution >= 4 is 11.7 Å². The molecule has 0 heterocycles. The Bertz CT molecular complexity index is 334. The van der Waals surface area contributed by atoms with Gasteiger partial charge in [0, 0.05) is 12.1 Å². The molecule has 0 amide bonds. The number of aliphatic carboxylic acids is 1. The molecule has 3 heteroatoms. The lowest BCUT2D eigenvalue weighted by Crippen LogP contribution is -2.03. The van der Waals surface area contributed by atoms with Crippen LogP contribution >= 0.6 is 0 Å². The van der Waals surface area contributed by atoms with Gasteiger partial charge >= 0.3 is 5.97 Å². The first-order valence-corrected chi connectivity index (χ1v) is 4.73. The Hall–Kier alpha value is -1.51. The molecule has 0 aliphatic carbocycles. The fourth-order valence-corrected chi connectivity index (χ4v) is 1.52. The molecule has 0 spiro atoms. The summed E-state index contributed by atoms with van der Waals surface area (Å²) in [6.45, 7) is 2.04. The van der Waals surface area contributed by atoms with Crippen molar-refractivity contribution in [1.82, 2.24) is 0 Å². The third-order valence-corrected chi connectivity index (χ3v) is 2.28. The minimum atomic E-state index is -0.782. The molecule has 0 aliphatic rings. The number of hydrogen-bond acceptors (Lipinski definition) is 2. The molecule has 0 radical (unpaired) electrons. The lowest BCUT2D eigenvalue weighted by Gasteiger charge is -2.09. The van der Waals surface area contributed by atoms with Gasteiger partial charge in [0.2, 0.25) is 0 Å². The molecule has 0 unspecified atom stereocenters. The molecule has 1 aromatic carbocycles. The monoisotopic (exact) mass is 193 g/mol. The maximum absolute atomic E-state index is 10.4. The van der Waals surface area contributed by atoms with Gasteiger partial charge in [-0.1, -0.05) is 19.1 Å². The fraction of sp³-hybridized carbons (Fsp3) is 0.364. The van der Waals surface area contributed by atoms with Crippen molar-refractivity contribution in [2.24, 2.45) is 0 Å². The molecule has 0 bridgehead atoms. The molecule has 0 atom stereocenters. The van der Waals surface area contributed by atoms with Gasteiger partial charge in [0.15, 0.2) is 0 Å². The number of benzene rings is 1. The minimum Gasteiger partial charge on any atom is -0.481 e. The van der Waals surface area contributed by atoms with Crippen molar-refractivity contribution < 1.29 is 9.90 Å². The first kappa shape index (κ1) is 10.6. The Morgan fingerprint density at radius 3 is 2.79 bits per heavy atom. The summed E-state index contributed by atoms with van der Waals surface area (Å²) >= 11 is 0. The smallest absolute Gasteiger partial charge is 0.303 e. The summed E-state index contributed by atoms with van der Waals surface area (Å²) in [5, 5.41) is 8.59. The van der Waals surface area contributed by atoms with Gasteiger partial charge in [-0.25, -0.2) is 0 Å². The number of carboxylic acid groups (broad SMARTS) is 1. The molecule has 0 aromatic heterocycles. The summed E-state index contributed by atoms with van der Waals surface area (Å²) in [6.07, 6.45) is 1.55. The van der Waals surface area contributed by atoms with E-state index in [1.807, 2.05) is 25.1 Å². The Balaban J connectivity index is 2.87. The quantitative estimate of drug-likeness (QED) is 0.717. The van der Waals surface area contributed by atoms with Crippen molar-refractivity contribution in [3.05, 3.63) is 29.3 Å².